The summed E-state index contributed by atoms with van der Waals surface area (Å²) in [5.74, 6) is 0.665. The molecule has 1 heterocycles. The molecule has 0 fully saturated rings. The highest BCUT2D eigenvalue weighted by Crippen LogP contribution is 2.07. The Labute approximate surface area is 97.0 Å². The molecule has 4 nitrogen and oxygen atoms in total. The van der Waals surface area contributed by atoms with E-state index in [0.29, 0.717) is 5.88 Å². The molecule has 1 rings (SSSR count). The quantitative estimate of drug-likeness (QED) is 0.681. The molecule has 0 spiro atoms. The molecule has 1 aromatic rings. The normalized spacial score (nSPS) is 10.4. The summed E-state index contributed by atoms with van der Waals surface area (Å²) in [7, 11) is 3.36. The van der Waals surface area contributed by atoms with Gasteiger partial charge in [0.25, 0.3) is 0 Å². The van der Waals surface area contributed by atoms with Crippen LogP contribution in [0.3, 0.4) is 0 Å². The molecule has 0 radical (unpaired) electrons. The third-order valence-electron chi connectivity index (χ3n) is 2.29. The predicted molar refractivity (Wildman–Crippen MR) is 63.6 cm³/mol. The van der Waals surface area contributed by atoms with E-state index in [0.717, 1.165) is 32.5 Å². The smallest absolute Gasteiger partial charge is 0.213 e. The van der Waals surface area contributed by atoms with Crippen LogP contribution < -0.4 is 10.1 Å². The van der Waals surface area contributed by atoms with Gasteiger partial charge in [-0.15, -0.1) is 0 Å². The average molecular weight is 224 g/mol. The standard InChI is InChI=1S/C12H20N2O2/c1-15-8-4-3-6-13-10-11-5-7-14-12(9-11)16-2/h5,7,9,13H,3-4,6,8,10H2,1-2H3. The number of hydrogen-bond acceptors (Lipinski definition) is 4. The van der Waals surface area contributed by atoms with Crippen molar-refractivity contribution in [3.05, 3.63) is 23.9 Å². The first kappa shape index (κ1) is 12.9. The molecule has 1 aromatic heterocycles. The van der Waals surface area contributed by atoms with Gasteiger partial charge in [0, 0.05) is 32.5 Å². The third-order valence-corrected chi connectivity index (χ3v) is 2.29. The van der Waals surface area contributed by atoms with E-state index in [-0.39, 0.29) is 0 Å². The first-order valence-corrected chi connectivity index (χ1v) is 5.55. The lowest BCUT2D eigenvalue weighted by molar-refractivity contribution is 0.192. The minimum Gasteiger partial charge on any atom is -0.481 e. The number of rotatable bonds is 8. The monoisotopic (exact) mass is 224 g/mol. The molecule has 0 amide bonds. The van der Waals surface area contributed by atoms with Crippen LogP contribution in [-0.2, 0) is 11.3 Å². The van der Waals surface area contributed by atoms with Gasteiger partial charge >= 0.3 is 0 Å². The first-order chi connectivity index (χ1) is 7.86. The van der Waals surface area contributed by atoms with E-state index in [9.17, 15) is 0 Å². The van der Waals surface area contributed by atoms with Crippen molar-refractivity contribution in [1.29, 1.82) is 0 Å². The zero-order valence-electron chi connectivity index (χ0n) is 10.0. The summed E-state index contributed by atoms with van der Waals surface area (Å²) in [6, 6.07) is 3.94. The van der Waals surface area contributed by atoms with Crippen molar-refractivity contribution in [2.75, 3.05) is 27.4 Å². The van der Waals surface area contributed by atoms with Gasteiger partial charge in [0.05, 0.1) is 7.11 Å². The van der Waals surface area contributed by atoms with Crippen LogP contribution in [0.1, 0.15) is 18.4 Å². The van der Waals surface area contributed by atoms with E-state index in [1.54, 1.807) is 20.4 Å². The largest absolute Gasteiger partial charge is 0.481 e. The van der Waals surface area contributed by atoms with Crippen LogP contribution in [0.4, 0.5) is 0 Å². The minimum atomic E-state index is 0.665. The maximum Gasteiger partial charge on any atom is 0.213 e. The zero-order valence-corrected chi connectivity index (χ0v) is 10.0. The SMILES string of the molecule is COCCCCNCc1ccnc(OC)c1. The molecular weight excluding hydrogens is 204 g/mol. The molecule has 0 aliphatic rings. The lowest BCUT2D eigenvalue weighted by Crippen LogP contribution is -2.15. The molecule has 0 saturated carbocycles. The van der Waals surface area contributed by atoms with Crippen LogP contribution in [0, 0.1) is 0 Å². The summed E-state index contributed by atoms with van der Waals surface area (Å²) in [5.41, 5.74) is 1.19. The van der Waals surface area contributed by atoms with Crippen molar-refractivity contribution >= 4 is 0 Å². The lowest BCUT2D eigenvalue weighted by atomic mass is 10.2. The van der Waals surface area contributed by atoms with Gasteiger partial charge < -0.3 is 14.8 Å². The molecule has 0 unspecified atom stereocenters. The topological polar surface area (TPSA) is 43.4 Å². The van der Waals surface area contributed by atoms with Crippen molar-refractivity contribution in [3.63, 3.8) is 0 Å². The Balaban J connectivity index is 2.16. The van der Waals surface area contributed by atoms with Crippen LogP contribution in [0.5, 0.6) is 5.88 Å². The van der Waals surface area contributed by atoms with Gasteiger partial charge in [-0.2, -0.15) is 0 Å². The molecule has 0 aliphatic heterocycles. The highest BCUT2D eigenvalue weighted by atomic mass is 16.5. The van der Waals surface area contributed by atoms with Gasteiger partial charge in [0.15, 0.2) is 0 Å². The number of nitrogens with one attached hydrogen (secondary N) is 1. The number of methoxy groups -OCH3 is 2. The van der Waals surface area contributed by atoms with E-state index < -0.39 is 0 Å². The summed E-state index contributed by atoms with van der Waals surface area (Å²) in [4.78, 5) is 4.06. The molecule has 0 saturated heterocycles. The second-order valence-corrected chi connectivity index (χ2v) is 3.58. The highest BCUT2D eigenvalue weighted by molar-refractivity contribution is 5.20. The van der Waals surface area contributed by atoms with Gasteiger partial charge in [-0.25, -0.2) is 4.98 Å². The van der Waals surface area contributed by atoms with Crippen LogP contribution >= 0.6 is 0 Å². The van der Waals surface area contributed by atoms with Gasteiger partial charge in [-0.1, -0.05) is 0 Å². The Morgan fingerprint density at radius 3 is 2.94 bits per heavy atom. The van der Waals surface area contributed by atoms with E-state index in [2.05, 4.69) is 10.3 Å². The number of nitrogens with zero attached hydrogens (tertiary/aromatic N) is 1. The lowest BCUT2D eigenvalue weighted by Gasteiger charge is -2.05. The molecule has 1 N–H and O–H groups in total. The van der Waals surface area contributed by atoms with Gasteiger partial charge in [0.2, 0.25) is 5.88 Å². The third kappa shape index (κ3) is 5.09. The maximum atomic E-state index is 5.06. The van der Waals surface area contributed by atoms with E-state index in [1.807, 2.05) is 12.1 Å². The van der Waals surface area contributed by atoms with E-state index in [4.69, 9.17) is 9.47 Å². The summed E-state index contributed by atoms with van der Waals surface area (Å²) in [6.07, 6.45) is 4.00. The van der Waals surface area contributed by atoms with Crippen molar-refractivity contribution in [2.45, 2.75) is 19.4 Å². The number of pyridine rings is 1. The molecule has 16 heavy (non-hydrogen) atoms. The average Bonchev–Trinajstić information content (AvgIpc) is 2.34. The fraction of sp³-hybridized carbons (Fsp3) is 0.583. The summed E-state index contributed by atoms with van der Waals surface area (Å²) < 4.78 is 10.0. The first-order valence-electron chi connectivity index (χ1n) is 5.55. The molecular formula is C12H20N2O2. The Morgan fingerprint density at radius 1 is 1.31 bits per heavy atom. The van der Waals surface area contributed by atoms with Crippen molar-refractivity contribution in [3.8, 4) is 5.88 Å². The molecule has 0 atom stereocenters. The van der Waals surface area contributed by atoms with Crippen LogP contribution in [0.2, 0.25) is 0 Å². The van der Waals surface area contributed by atoms with Crippen LogP contribution in [0.25, 0.3) is 0 Å². The Bertz CT molecular complexity index is 292. The van der Waals surface area contributed by atoms with E-state index in [1.165, 1.54) is 5.56 Å². The van der Waals surface area contributed by atoms with Crippen LogP contribution in [0.15, 0.2) is 18.3 Å². The summed E-state index contributed by atoms with van der Waals surface area (Å²) in [6.45, 7) is 2.70. The summed E-state index contributed by atoms with van der Waals surface area (Å²) >= 11 is 0. The number of ether oxygens (including phenoxy) is 2. The Hall–Kier alpha value is -1.13. The maximum absolute atomic E-state index is 5.06. The van der Waals surface area contributed by atoms with Gasteiger partial charge in [0.1, 0.15) is 0 Å². The van der Waals surface area contributed by atoms with Crippen molar-refractivity contribution < 1.29 is 9.47 Å². The van der Waals surface area contributed by atoms with Crippen molar-refractivity contribution in [2.24, 2.45) is 0 Å². The zero-order chi connectivity index (χ0) is 11.6. The molecule has 0 aliphatic carbocycles. The van der Waals surface area contributed by atoms with Crippen molar-refractivity contribution in [1.82, 2.24) is 10.3 Å². The number of hydrogen-bond donors (Lipinski definition) is 1. The molecule has 0 aromatic carbocycles. The molecule has 4 heteroatoms. The minimum absolute atomic E-state index is 0.665. The van der Waals surface area contributed by atoms with Gasteiger partial charge in [-0.05, 0) is 31.0 Å². The Morgan fingerprint density at radius 2 is 2.19 bits per heavy atom. The highest BCUT2D eigenvalue weighted by Gasteiger charge is 1.96. The van der Waals surface area contributed by atoms with E-state index >= 15 is 0 Å². The predicted octanol–water partition coefficient (Wildman–Crippen LogP) is 1.61. The second kappa shape index (κ2) is 8.07. The Kier molecular flexibility index (Phi) is 6.53. The van der Waals surface area contributed by atoms with Crippen LogP contribution in [-0.4, -0.2) is 32.4 Å². The fourth-order valence-corrected chi connectivity index (χ4v) is 1.40. The molecule has 90 valence electrons. The fourth-order valence-electron chi connectivity index (χ4n) is 1.40. The van der Waals surface area contributed by atoms with Gasteiger partial charge in [-0.3, -0.25) is 0 Å². The molecule has 0 bridgehead atoms. The number of unbranched alkanes of at least 4 members (excludes halogenated alkanes) is 1. The number of aromatic nitrogens is 1. The summed E-state index contributed by atoms with van der Waals surface area (Å²) in [5, 5.41) is 3.37. The second-order valence-electron chi connectivity index (χ2n) is 3.58.